The van der Waals surface area contributed by atoms with Gasteiger partial charge in [0.1, 0.15) is 0 Å². The topological polar surface area (TPSA) is 61.8 Å². The fourth-order valence-electron chi connectivity index (χ4n) is 1.48. The van der Waals surface area contributed by atoms with Gasteiger partial charge in [-0.15, -0.1) is 0 Å². The number of oxime groups is 1. The Morgan fingerprint density at radius 3 is 2.88 bits per heavy atom. The van der Waals surface area contributed by atoms with Crippen molar-refractivity contribution in [3.8, 4) is 0 Å². The SMILES string of the molecule is CSCCN(C)c1cccc(Br)c1/C(N)=N/O. The van der Waals surface area contributed by atoms with Crippen LogP contribution in [0.2, 0.25) is 0 Å². The molecule has 0 saturated carbocycles. The Kier molecular flexibility index (Phi) is 5.64. The van der Waals surface area contributed by atoms with Crippen molar-refractivity contribution in [2.75, 3.05) is 30.5 Å². The number of anilines is 1. The molecule has 94 valence electrons. The van der Waals surface area contributed by atoms with E-state index in [1.165, 1.54) is 0 Å². The average molecular weight is 318 g/mol. The smallest absolute Gasteiger partial charge is 0.173 e. The molecule has 0 aliphatic carbocycles. The van der Waals surface area contributed by atoms with Crippen molar-refractivity contribution in [3.63, 3.8) is 0 Å². The maximum atomic E-state index is 8.81. The minimum Gasteiger partial charge on any atom is -0.409 e. The zero-order valence-corrected chi connectivity index (χ0v) is 12.3. The van der Waals surface area contributed by atoms with E-state index in [-0.39, 0.29) is 5.84 Å². The Morgan fingerprint density at radius 2 is 2.29 bits per heavy atom. The van der Waals surface area contributed by atoms with Crippen LogP contribution in [-0.2, 0) is 0 Å². The predicted octanol–water partition coefficient (Wildman–Crippen LogP) is 2.34. The van der Waals surface area contributed by atoms with Gasteiger partial charge in [-0.25, -0.2) is 0 Å². The second kappa shape index (κ2) is 6.76. The van der Waals surface area contributed by atoms with Crippen LogP contribution in [0.15, 0.2) is 27.8 Å². The molecule has 1 rings (SSSR count). The molecule has 0 aliphatic heterocycles. The minimum absolute atomic E-state index is 0.114. The Labute approximate surface area is 114 Å². The van der Waals surface area contributed by atoms with E-state index in [4.69, 9.17) is 10.9 Å². The van der Waals surface area contributed by atoms with E-state index in [0.29, 0.717) is 0 Å². The van der Waals surface area contributed by atoms with E-state index in [1.54, 1.807) is 11.8 Å². The maximum absolute atomic E-state index is 8.81. The van der Waals surface area contributed by atoms with Gasteiger partial charge in [0, 0.05) is 29.5 Å². The predicted molar refractivity (Wildman–Crippen MR) is 78.3 cm³/mol. The van der Waals surface area contributed by atoms with Gasteiger partial charge in [0.25, 0.3) is 0 Å². The molecule has 0 aliphatic rings. The third-order valence-electron chi connectivity index (χ3n) is 2.40. The lowest BCUT2D eigenvalue weighted by Gasteiger charge is -2.22. The molecule has 0 radical (unpaired) electrons. The number of rotatable bonds is 5. The molecule has 0 amide bonds. The van der Waals surface area contributed by atoms with Crippen LogP contribution < -0.4 is 10.6 Å². The molecule has 0 heterocycles. The van der Waals surface area contributed by atoms with Crippen LogP contribution in [0.25, 0.3) is 0 Å². The Bertz CT molecular complexity index is 412. The highest BCUT2D eigenvalue weighted by Crippen LogP contribution is 2.27. The first-order valence-corrected chi connectivity index (χ1v) is 7.27. The average Bonchev–Trinajstić information content (AvgIpc) is 2.34. The molecule has 1 aromatic carbocycles. The summed E-state index contributed by atoms with van der Waals surface area (Å²) in [5.41, 5.74) is 7.37. The number of hydrogen-bond acceptors (Lipinski definition) is 4. The van der Waals surface area contributed by atoms with Crippen molar-refractivity contribution in [2.24, 2.45) is 10.9 Å². The summed E-state index contributed by atoms with van der Waals surface area (Å²) in [5, 5.41) is 11.9. The van der Waals surface area contributed by atoms with Crippen LogP contribution in [0.4, 0.5) is 5.69 Å². The van der Waals surface area contributed by atoms with E-state index < -0.39 is 0 Å². The molecule has 0 bridgehead atoms. The summed E-state index contributed by atoms with van der Waals surface area (Å²) in [6, 6.07) is 5.76. The number of hydrogen-bond donors (Lipinski definition) is 2. The van der Waals surface area contributed by atoms with Crippen molar-refractivity contribution in [3.05, 3.63) is 28.2 Å². The molecular weight excluding hydrogens is 302 g/mol. The molecule has 3 N–H and O–H groups in total. The van der Waals surface area contributed by atoms with Crippen molar-refractivity contribution >= 4 is 39.2 Å². The lowest BCUT2D eigenvalue weighted by molar-refractivity contribution is 0.318. The number of nitrogens with two attached hydrogens (primary N) is 1. The minimum atomic E-state index is 0.114. The van der Waals surface area contributed by atoms with Gasteiger partial charge >= 0.3 is 0 Å². The third kappa shape index (κ3) is 3.54. The summed E-state index contributed by atoms with van der Waals surface area (Å²) in [6.07, 6.45) is 2.07. The Balaban J connectivity index is 3.10. The summed E-state index contributed by atoms with van der Waals surface area (Å²) < 4.78 is 0.821. The summed E-state index contributed by atoms with van der Waals surface area (Å²) in [7, 11) is 1.99. The number of amidine groups is 1. The summed E-state index contributed by atoms with van der Waals surface area (Å²) in [5.74, 6) is 1.14. The summed E-state index contributed by atoms with van der Waals surface area (Å²) >= 11 is 5.21. The number of benzene rings is 1. The molecule has 4 nitrogen and oxygen atoms in total. The largest absolute Gasteiger partial charge is 0.409 e. The number of thioether (sulfide) groups is 1. The second-order valence-electron chi connectivity index (χ2n) is 3.53. The fourth-order valence-corrected chi connectivity index (χ4v) is 2.50. The molecule has 0 fully saturated rings. The third-order valence-corrected chi connectivity index (χ3v) is 3.65. The second-order valence-corrected chi connectivity index (χ2v) is 5.37. The van der Waals surface area contributed by atoms with Gasteiger partial charge in [-0.1, -0.05) is 11.2 Å². The van der Waals surface area contributed by atoms with Gasteiger partial charge in [-0.05, 0) is 34.3 Å². The molecule has 0 aromatic heterocycles. The summed E-state index contributed by atoms with van der Waals surface area (Å²) in [4.78, 5) is 2.09. The van der Waals surface area contributed by atoms with Gasteiger partial charge < -0.3 is 15.8 Å². The van der Waals surface area contributed by atoms with Crippen LogP contribution in [0, 0.1) is 0 Å². The molecule has 0 saturated heterocycles. The van der Waals surface area contributed by atoms with Crippen LogP contribution >= 0.6 is 27.7 Å². The number of halogens is 1. The zero-order valence-electron chi connectivity index (χ0n) is 9.85. The van der Waals surface area contributed by atoms with Crippen LogP contribution in [0.3, 0.4) is 0 Å². The molecule has 0 spiro atoms. The standard InChI is InChI=1S/C11H16BrN3OS/c1-15(6-7-17-2)9-5-3-4-8(12)10(9)11(13)14-16/h3-5,16H,6-7H2,1-2H3,(H2,13,14). The highest BCUT2D eigenvalue weighted by atomic mass is 79.9. The summed E-state index contributed by atoms with van der Waals surface area (Å²) in [6.45, 7) is 0.906. The molecule has 0 unspecified atom stereocenters. The first-order valence-electron chi connectivity index (χ1n) is 5.08. The van der Waals surface area contributed by atoms with Crippen molar-refractivity contribution < 1.29 is 5.21 Å². The van der Waals surface area contributed by atoms with Crippen molar-refractivity contribution in [2.45, 2.75) is 0 Å². The quantitative estimate of drug-likeness (QED) is 0.379. The Hall–Kier alpha value is -0.880. The lowest BCUT2D eigenvalue weighted by Crippen LogP contribution is -2.25. The maximum Gasteiger partial charge on any atom is 0.173 e. The van der Waals surface area contributed by atoms with Crippen LogP contribution in [-0.4, -0.2) is 36.6 Å². The molecule has 17 heavy (non-hydrogen) atoms. The fraction of sp³-hybridized carbons (Fsp3) is 0.364. The van der Waals surface area contributed by atoms with E-state index in [1.807, 2.05) is 25.2 Å². The normalized spacial score (nSPS) is 11.6. The molecule has 1 aromatic rings. The monoisotopic (exact) mass is 317 g/mol. The first kappa shape index (κ1) is 14.2. The van der Waals surface area contributed by atoms with Crippen LogP contribution in [0.1, 0.15) is 5.56 Å². The molecule has 6 heteroatoms. The van der Waals surface area contributed by atoms with Gasteiger partial charge in [0.05, 0.1) is 5.56 Å². The highest BCUT2D eigenvalue weighted by molar-refractivity contribution is 9.10. The molecule has 0 atom stereocenters. The van der Waals surface area contributed by atoms with Gasteiger partial charge in [0.15, 0.2) is 5.84 Å². The number of nitrogens with zero attached hydrogens (tertiary/aromatic N) is 2. The van der Waals surface area contributed by atoms with Crippen molar-refractivity contribution in [1.82, 2.24) is 0 Å². The first-order chi connectivity index (χ1) is 8.11. The van der Waals surface area contributed by atoms with E-state index in [9.17, 15) is 0 Å². The highest BCUT2D eigenvalue weighted by Gasteiger charge is 2.14. The Morgan fingerprint density at radius 1 is 1.59 bits per heavy atom. The van der Waals surface area contributed by atoms with Gasteiger partial charge in [-0.3, -0.25) is 0 Å². The van der Waals surface area contributed by atoms with Crippen LogP contribution in [0.5, 0.6) is 0 Å². The van der Waals surface area contributed by atoms with E-state index >= 15 is 0 Å². The zero-order chi connectivity index (χ0) is 12.8. The van der Waals surface area contributed by atoms with Crippen molar-refractivity contribution in [1.29, 1.82) is 0 Å². The van der Waals surface area contributed by atoms with Gasteiger partial charge in [-0.2, -0.15) is 11.8 Å². The lowest BCUT2D eigenvalue weighted by atomic mass is 10.1. The molecular formula is C11H16BrN3OS. The van der Waals surface area contributed by atoms with Gasteiger partial charge in [0.2, 0.25) is 0 Å². The van der Waals surface area contributed by atoms with E-state index in [2.05, 4.69) is 32.2 Å². The van der Waals surface area contributed by atoms with E-state index in [0.717, 1.165) is 28.0 Å².